The van der Waals surface area contributed by atoms with Gasteiger partial charge in [0.15, 0.2) is 0 Å². The van der Waals surface area contributed by atoms with E-state index in [1.54, 1.807) is 0 Å². The quantitative estimate of drug-likeness (QED) is 0.0323. The number of aliphatic hydroxyl groups is 2. The number of aliphatic hydroxyl groups excluding tert-OH is 2. The maximum atomic E-state index is 13.2. The van der Waals surface area contributed by atoms with Crippen molar-refractivity contribution in [2.24, 2.45) is 0 Å². The molecule has 0 aliphatic heterocycles. The van der Waals surface area contributed by atoms with Crippen LogP contribution in [-0.4, -0.2) is 46.9 Å². The lowest BCUT2D eigenvalue weighted by molar-refractivity contribution is -0.151. The fraction of sp³-hybridized carbons (Fsp3) is 0.741. The zero-order valence-corrected chi connectivity index (χ0v) is 39.3. The summed E-state index contributed by atoms with van der Waals surface area (Å²) in [6.07, 6.45) is 59.5. The molecule has 0 saturated carbocycles. The third kappa shape index (κ3) is 42.0. The largest absolute Gasteiger partial charge is 0.462 e. The van der Waals surface area contributed by atoms with Gasteiger partial charge in [-0.05, 0) is 44.9 Å². The summed E-state index contributed by atoms with van der Waals surface area (Å²) in [4.78, 5) is 26.1. The number of ether oxygens (including phenoxy) is 1. The molecule has 3 N–H and O–H groups in total. The Balaban J connectivity index is 4.63. The first-order chi connectivity index (χ1) is 29.5. The van der Waals surface area contributed by atoms with Crippen LogP contribution in [-0.2, 0) is 14.3 Å². The second-order valence-corrected chi connectivity index (χ2v) is 17.0. The summed E-state index contributed by atoms with van der Waals surface area (Å²) in [6, 6.07) is -0.711. The van der Waals surface area contributed by atoms with E-state index in [9.17, 15) is 19.8 Å². The molecule has 1 amide bonds. The van der Waals surface area contributed by atoms with Gasteiger partial charge in [-0.1, -0.05) is 248 Å². The minimum absolute atomic E-state index is 0.0585. The molecule has 6 nitrogen and oxygen atoms in total. The van der Waals surface area contributed by atoms with Crippen LogP contribution < -0.4 is 5.32 Å². The van der Waals surface area contributed by atoms with Gasteiger partial charge >= 0.3 is 5.97 Å². The number of rotatable bonds is 44. The predicted octanol–water partition coefficient (Wildman–Crippen LogP) is 15.0. The Bertz CT molecular complexity index is 1120. The molecule has 0 fully saturated rings. The SMILES string of the molecule is CC\C=C/C=C/C=C/C=C\C=C\C=C\CCCCCC(=O)OC(CCCCCCCCCCCCC)CC(=O)NC(CO)C(O)CCCCCCCCCCCCCCC. The van der Waals surface area contributed by atoms with E-state index in [0.29, 0.717) is 19.3 Å². The summed E-state index contributed by atoms with van der Waals surface area (Å²) in [5.74, 6) is -0.524. The normalized spacial score (nSPS) is 13.9. The summed E-state index contributed by atoms with van der Waals surface area (Å²) < 4.78 is 5.90. The van der Waals surface area contributed by atoms with Crippen molar-refractivity contribution in [2.45, 2.75) is 251 Å². The highest BCUT2D eigenvalue weighted by molar-refractivity contribution is 5.77. The Morgan fingerprint density at radius 3 is 1.35 bits per heavy atom. The molecule has 0 aromatic rings. The van der Waals surface area contributed by atoms with Gasteiger partial charge in [0, 0.05) is 6.42 Å². The molecule has 346 valence electrons. The molecule has 0 rings (SSSR count). The van der Waals surface area contributed by atoms with Gasteiger partial charge in [0.2, 0.25) is 5.91 Å². The molecule has 6 heteroatoms. The third-order valence-corrected chi connectivity index (χ3v) is 11.2. The van der Waals surface area contributed by atoms with Crippen LogP contribution in [0.5, 0.6) is 0 Å². The molecule has 0 aliphatic carbocycles. The second-order valence-electron chi connectivity index (χ2n) is 17.0. The van der Waals surface area contributed by atoms with Crippen molar-refractivity contribution in [1.29, 1.82) is 0 Å². The lowest BCUT2D eigenvalue weighted by atomic mass is 10.0. The minimum atomic E-state index is -0.796. The molecule has 0 aromatic carbocycles. The first kappa shape index (κ1) is 57.3. The summed E-state index contributed by atoms with van der Waals surface area (Å²) in [6.45, 7) is 6.32. The van der Waals surface area contributed by atoms with Crippen LogP contribution in [0.1, 0.15) is 233 Å². The van der Waals surface area contributed by atoms with Gasteiger partial charge in [-0.3, -0.25) is 9.59 Å². The summed E-state index contributed by atoms with van der Waals surface area (Å²) in [7, 11) is 0. The topological polar surface area (TPSA) is 95.9 Å². The van der Waals surface area contributed by atoms with Crippen LogP contribution >= 0.6 is 0 Å². The number of esters is 1. The Morgan fingerprint density at radius 2 is 0.900 bits per heavy atom. The molecule has 3 atom stereocenters. The lowest BCUT2D eigenvalue weighted by Crippen LogP contribution is -2.46. The van der Waals surface area contributed by atoms with Crippen molar-refractivity contribution in [2.75, 3.05) is 6.61 Å². The van der Waals surface area contributed by atoms with Gasteiger partial charge in [-0.15, -0.1) is 0 Å². The van der Waals surface area contributed by atoms with Crippen LogP contribution in [0.25, 0.3) is 0 Å². The number of carbonyl (C=O) groups is 2. The summed E-state index contributed by atoms with van der Waals surface area (Å²) in [5, 5.41) is 23.7. The summed E-state index contributed by atoms with van der Waals surface area (Å²) >= 11 is 0. The molecule has 0 heterocycles. The van der Waals surface area contributed by atoms with E-state index >= 15 is 0 Å². The van der Waals surface area contributed by atoms with E-state index in [2.05, 4.69) is 44.3 Å². The first-order valence-corrected chi connectivity index (χ1v) is 25.2. The zero-order chi connectivity index (χ0) is 43.8. The monoisotopic (exact) mass is 838 g/mol. The van der Waals surface area contributed by atoms with E-state index < -0.39 is 18.2 Å². The van der Waals surface area contributed by atoms with Gasteiger partial charge in [0.05, 0.1) is 25.2 Å². The zero-order valence-electron chi connectivity index (χ0n) is 39.3. The molecular weight excluding hydrogens is 743 g/mol. The Hall–Kier alpha value is -2.70. The van der Waals surface area contributed by atoms with Gasteiger partial charge in [0.25, 0.3) is 0 Å². The van der Waals surface area contributed by atoms with Crippen molar-refractivity contribution in [3.05, 3.63) is 72.9 Å². The van der Waals surface area contributed by atoms with Crippen molar-refractivity contribution in [3.63, 3.8) is 0 Å². The summed E-state index contributed by atoms with van der Waals surface area (Å²) in [5.41, 5.74) is 0. The van der Waals surface area contributed by atoms with Crippen molar-refractivity contribution < 1.29 is 24.5 Å². The van der Waals surface area contributed by atoms with Crippen LogP contribution in [0.15, 0.2) is 72.9 Å². The standard InChI is InChI=1S/C54H95NO5/c1-4-7-10-13-16-19-22-24-25-26-27-29-32-35-38-41-44-47-54(59)60-50(45-42-39-36-33-30-21-18-15-12-9-6-3)48-53(58)55-51(49-56)52(57)46-43-40-37-34-31-28-23-20-17-14-11-8-5-2/h7,10,13,16,19,22,24-27,29,32,50-52,56-57H,4-6,8-9,11-12,14-15,17-18,20-21,23,28,30-31,33-49H2,1-3H3,(H,55,58)/b10-7-,16-13+,22-19+,25-24-,27-26+,32-29+. The van der Waals surface area contributed by atoms with E-state index in [-0.39, 0.29) is 24.9 Å². The fourth-order valence-corrected chi connectivity index (χ4v) is 7.40. The second kappa shape index (κ2) is 47.4. The molecule has 3 unspecified atom stereocenters. The van der Waals surface area contributed by atoms with Gasteiger partial charge < -0.3 is 20.3 Å². The molecule has 0 aliphatic rings. The van der Waals surface area contributed by atoms with Gasteiger partial charge in [-0.2, -0.15) is 0 Å². The van der Waals surface area contributed by atoms with Crippen molar-refractivity contribution >= 4 is 11.9 Å². The predicted molar refractivity (Wildman–Crippen MR) is 259 cm³/mol. The van der Waals surface area contributed by atoms with E-state index in [1.807, 2.05) is 54.7 Å². The average molecular weight is 838 g/mol. The maximum absolute atomic E-state index is 13.2. The molecular formula is C54H95NO5. The van der Waals surface area contributed by atoms with Gasteiger partial charge in [-0.25, -0.2) is 0 Å². The third-order valence-electron chi connectivity index (χ3n) is 11.2. The number of unbranched alkanes of at least 4 members (excludes halogenated alkanes) is 25. The smallest absolute Gasteiger partial charge is 0.306 e. The van der Waals surface area contributed by atoms with Crippen LogP contribution in [0.4, 0.5) is 0 Å². The van der Waals surface area contributed by atoms with Gasteiger partial charge in [0.1, 0.15) is 6.10 Å². The number of carbonyl (C=O) groups excluding carboxylic acids is 2. The Kier molecular flexibility index (Phi) is 45.2. The van der Waals surface area contributed by atoms with Crippen molar-refractivity contribution in [3.8, 4) is 0 Å². The van der Waals surface area contributed by atoms with Crippen LogP contribution in [0.3, 0.4) is 0 Å². The van der Waals surface area contributed by atoms with Crippen molar-refractivity contribution in [1.82, 2.24) is 5.32 Å². The number of nitrogens with one attached hydrogen (secondary N) is 1. The van der Waals surface area contributed by atoms with E-state index in [0.717, 1.165) is 70.6 Å². The number of amides is 1. The number of hydrogen-bond acceptors (Lipinski definition) is 5. The van der Waals surface area contributed by atoms with Crippen LogP contribution in [0, 0.1) is 0 Å². The van der Waals surface area contributed by atoms with E-state index in [4.69, 9.17) is 4.74 Å². The first-order valence-electron chi connectivity index (χ1n) is 25.2. The molecule has 0 radical (unpaired) electrons. The number of hydrogen-bond donors (Lipinski definition) is 3. The maximum Gasteiger partial charge on any atom is 0.306 e. The molecule has 60 heavy (non-hydrogen) atoms. The highest BCUT2D eigenvalue weighted by Crippen LogP contribution is 2.18. The molecule has 0 bridgehead atoms. The highest BCUT2D eigenvalue weighted by Gasteiger charge is 2.24. The Labute approximate surface area is 371 Å². The Morgan fingerprint density at radius 1 is 0.500 bits per heavy atom. The molecule has 0 saturated heterocycles. The molecule has 0 spiro atoms. The molecule has 0 aromatic heterocycles. The van der Waals surface area contributed by atoms with E-state index in [1.165, 1.54) is 116 Å². The minimum Gasteiger partial charge on any atom is -0.462 e. The average Bonchev–Trinajstić information content (AvgIpc) is 3.24. The fourth-order valence-electron chi connectivity index (χ4n) is 7.40. The highest BCUT2D eigenvalue weighted by atomic mass is 16.5. The number of allylic oxidation sites excluding steroid dienone is 12. The van der Waals surface area contributed by atoms with Crippen LogP contribution in [0.2, 0.25) is 0 Å². The lowest BCUT2D eigenvalue weighted by Gasteiger charge is -2.24.